The zero-order valence-electron chi connectivity index (χ0n) is 11.1. The molecule has 4 heteroatoms. The Kier molecular flexibility index (Phi) is 3.72. The van der Waals surface area contributed by atoms with Crippen LogP contribution in [0.1, 0.15) is 39.3 Å². The third-order valence-corrected chi connectivity index (χ3v) is 3.27. The van der Waals surface area contributed by atoms with Gasteiger partial charge in [-0.1, -0.05) is 20.8 Å². The van der Waals surface area contributed by atoms with Gasteiger partial charge in [-0.2, -0.15) is 4.98 Å². The number of piperidine rings is 1. The van der Waals surface area contributed by atoms with E-state index in [1.807, 2.05) is 0 Å². The van der Waals surface area contributed by atoms with Crippen LogP contribution in [-0.4, -0.2) is 24.6 Å². The molecule has 2 rings (SSSR count). The van der Waals surface area contributed by atoms with Crippen molar-refractivity contribution in [2.45, 2.75) is 40.2 Å². The van der Waals surface area contributed by atoms with Crippen LogP contribution >= 0.6 is 0 Å². The second-order valence-corrected chi connectivity index (χ2v) is 5.59. The molecule has 1 N–H and O–H groups in total. The van der Waals surface area contributed by atoms with Crippen LogP contribution in [0.4, 0.5) is 6.01 Å². The first kappa shape index (κ1) is 12.4. The standard InChI is InChI=1S/C13H23N3O/c1-4-14-8-11-9-17-12(15-11)16-7-5-6-13(2,3)10-16/h9,14H,4-8,10H2,1-3H3. The Morgan fingerprint density at radius 3 is 3.06 bits per heavy atom. The van der Waals surface area contributed by atoms with Gasteiger partial charge in [0, 0.05) is 19.6 Å². The van der Waals surface area contributed by atoms with E-state index in [0.29, 0.717) is 5.41 Å². The molecule has 1 saturated heterocycles. The van der Waals surface area contributed by atoms with Gasteiger partial charge >= 0.3 is 0 Å². The molecule has 1 aliphatic heterocycles. The molecule has 1 fully saturated rings. The molecule has 0 saturated carbocycles. The summed E-state index contributed by atoms with van der Waals surface area (Å²) in [6.07, 6.45) is 4.27. The first-order valence-electron chi connectivity index (χ1n) is 6.51. The van der Waals surface area contributed by atoms with Crippen molar-refractivity contribution in [3.05, 3.63) is 12.0 Å². The van der Waals surface area contributed by atoms with E-state index in [0.717, 1.165) is 37.9 Å². The summed E-state index contributed by atoms with van der Waals surface area (Å²) in [4.78, 5) is 6.80. The Morgan fingerprint density at radius 1 is 1.53 bits per heavy atom. The van der Waals surface area contributed by atoms with E-state index in [2.05, 4.69) is 36.0 Å². The van der Waals surface area contributed by atoms with E-state index in [1.165, 1.54) is 12.8 Å². The lowest BCUT2D eigenvalue weighted by atomic mass is 9.84. The highest BCUT2D eigenvalue weighted by Gasteiger charge is 2.28. The first-order valence-corrected chi connectivity index (χ1v) is 6.51. The maximum absolute atomic E-state index is 5.57. The molecular formula is C13H23N3O. The molecule has 0 atom stereocenters. The Labute approximate surface area is 103 Å². The van der Waals surface area contributed by atoms with Crippen LogP contribution in [0.25, 0.3) is 0 Å². The highest BCUT2D eigenvalue weighted by Crippen LogP contribution is 2.31. The van der Waals surface area contributed by atoms with E-state index in [9.17, 15) is 0 Å². The van der Waals surface area contributed by atoms with Gasteiger partial charge in [0.25, 0.3) is 6.01 Å². The SMILES string of the molecule is CCNCc1coc(N2CCCC(C)(C)C2)n1. The predicted octanol–water partition coefficient (Wildman–Crippen LogP) is 2.41. The minimum absolute atomic E-state index is 0.370. The number of hydrogen-bond acceptors (Lipinski definition) is 4. The van der Waals surface area contributed by atoms with Crippen LogP contribution in [0, 0.1) is 5.41 Å². The molecule has 1 aromatic heterocycles. The zero-order valence-corrected chi connectivity index (χ0v) is 11.1. The lowest BCUT2D eigenvalue weighted by Crippen LogP contribution is -2.40. The average Bonchev–Trinajstić information content (AvgIpc) is 2.73. The summed E-state index contributed by atoms with van der Waals surface area (Å²) in [5.41, 5.74) is 1.36. The Morgan fingerprint density at radius 2 is 2.35 bits per heavy atom. The topological polar surface area (TPSA) is 41.3 Å². The van der Waals surface area contributed by atoms with Crippen molar-refractivity contribution < 1.29 is 4.42 Å². The van der Waals surface area contributed by atoms with Gasteiger partial charge in [0.15, 0.2) is 0 Å². The van der Waals surface area contributed by atoms with Crippen molar-refractivity contribution in [1.29, 1.82) is 0 Å². The normalized spacial score (nSPS) is 19.6. The van der Waals surface area contributed by atoms with Gasteiger partial charge < -0.3 is 14.6 Å². The smallest absolute Gasteiger partial charge is 0.297 e. The van der Waals surface area contributed by atoms with Gasteiger partial charge in [-0.25, -0.2) is 0 Å². The fourth-order valence-corrected chi connectivity index (χ4v) is 2.36. The maximum Gasteiger partial charge on any atom is 0.297 e. The zero-order chi connectivity index (χ0) is 12.3. The van der Waals surface area contributed by atoms with Gasteiger partial charge in [-0.3, -0.25) is 0 Å². The first-order chi connectivity index (χ1) is 8.11. The highest BCUT2D eigenvalue weighted by atomic mass is 16.4. The molecule has 1 aliphatic rings. The van der Waals surface area contributed by atoms with Gasteiger partial charge in [0.1, 0.15) is 6.26 Å². The molecule has 0 radical (unpaired) electrons. The van der Waals surface area contributed by atoms with Gasteiger partial charge in [0.05, 0.1) is 5.69 Å². The second-order valence-electron chi connectivity index (χ2n) is 5.59. The van der Waals surface area contributed by atoms with E-state index in [-0.39, 0.29) is 0 Å². The van der Waals surface area contributed by atoms with Crippen LogP contribution < -0.4 is 10.2 Å². The van der Waals surface area contributed by atoms with Crippen LogP contribution in [0.5, 0.6) is 0 Å². The van der Waals surface area contributed by atoms with Crippen LogP contribution in [0.2, 0.25) is 0 Å². The molecule has 96 valence electrons. The van der Waals surface area contributed by atoms with Crippen molar-refractivity contribution in [2.75, 3.05) is 24.5 Å². The molecule has 2 heterocycles. The van der Waals surface area contributed by atoms with Gasteiger partial charge in [-0.05, 0) is 24.8 Å². The largest absolute Gasteiger partial charge is 0.432 e. The maximum atomic E-state index is 5.57. The minimum atomic E-state index is 0.370. The fourth-order valence-electron chi connectivity index (χ4n) is 2.36. The molecule has 0 unspecified atom stereocenters. The monoisotopic (exact) mass is 237 g/mol. The molecule has 0 amide bonds. The molecular weight excluding hydrogens is 214 g/mol. The lowest BCUT2D eigenvalue weighted by molar-refractivity contribution is 0.283. The van der Waals surface area contributed by atoms with Crippen LogP contribution in [0.15, 0.2) is 10.7 Å². The molecule has 0 bridgehead atoms. The second kappa shape index (κ2) is 5.08. The predicted molar refractivity (Wildman–Crippen MR) is 69.1 cm³/mol. The molecule has 1 aromatic rings. The van der Waals surface area contributed by atoms with Crippen molar-refractivity contribution in [1.82, 2.24) is 10.3 Å². The summed E-state index contributed by atoms with van der Waals surface area (Å²) in [5, 5.41) is 3.26. The number of rotatable bonds is 4. The van der Waals surface area contributed by atoms with E-state index >= 15 is 0 Å². The third kappa shape index (κ3) is 3.22. The van der Waals surface area contributed by atoms with Crippen molar-refractivity contribution in [3.8, 4) is 0 Å². The molecule has 0 spiro atoms. The van der Waals surface area contributed by atoms with Crippen molar-refractivity contribution >= 4 is 6.01 Å². The van der Waals surface area contributed by atoms with E-state index < -0.39 is 0 Å². The summed E-state index contributed by atoms with van der Waals surface area (Å²) in [6.45, 7) is 10.5. The van der Waals surface area contributed by atoms with Crippen LogP contribution in [0.3, 0.4) is 0 Å². The van der Waals surface area contributed by atoms with E-state index in [1.54, 1.807) is 6.26 Å². The number of nitrogens with zero attached hydrogens (tertiary/aromatic N) is 2. The van der Waals surface area contributed by atoms with Gasteiger partial charge in [0.2, 0.25) is 0 Å². The Bertz CT molecular complexity index is 359. The number of oxazole rings is 1. The number of hydrogen-bond donors (Lipinski definition) is 1. The van der Waals surface area contributed by atoms with E-state index in [4.69, 9.17) is 4.42 Å². The fraction of sp³-hybridized carbons (Fsp3) is 0.769. The number of anilines is 1. The molecule has 0 aliphatic carbocycles. The lowest BCUT2D eigenvalue weighted by Gasteiger charge is -2.37. The number of aromatic nitrogens is 1. The average molecular weight is 237 g/mol. The third-order valence-electron chi connectivity index (χ3n) is 3.27. The Hall–Kier alpha value is -1.03. The van der Waals surface area contributed by atoms with Crippen LogP contribution in [-0.2, 0) is 6.54 Å². The molecule has 4 nitrogen and oxygen atoms in total. The summed E-state index contributed by atoms with van der Waals surface area (Å²) in [5.74, 6) is 0. The molecule has 0 aromatic carbocycles. The van der Waals surface area contributed by atoms with Gasteiger partial charge in [-0.15, -0.1) is 0 Å². The summed E-state index contributed by atoms with van der Waals surface area (Å²) >= 11 is 0. The Balaban J connectivity index is 1.99. The number of nitrogens with one attached hydrogen (secondary N) is 1. The van der Waals surface area contributed by atoms with Crippen molar-refractivity contribution in [2.24, 2.45) is 5.41 Å². The minimum Gasteiger partial charge on any atom is -0.432 e. The molecule has 17 heavy (non-hydrogen) atoms. The summed E-state index contributed by atoms with van der Waals surface area (Å²) in [6, 6.07) is 0.783. The summed E-state index contributed by atoms with van der Waals surface area (Å²) in [7, 11) is 0. The van der Waals surface area contributed by atoms with Crippen molar-refractivity contribution in [3.63, 3.8) is 0 Å². The highest BCUT2D eigenvalue weighted by molar-refractivity contribution is 5.28. The summed E-state index contributed by atoms with van der Waals surface area (Å²) < 4.78 is 5.57. The quantitative estimate of drug-likeness (QED) is 0.873.